The summed E-state index contributed by atoms with van der Waals surface area (Å²) in [6.45, 7) is 1.19. The standard InChI is InChI=1S/C19H20F2N2O/c20-16-12-17(21)18(22-13-16)19(24)23-10-8-15(9-11-23)7-6-14-4-2-1-3-5-14/h1-5,12-13,15H,6-11H2. The van der Waals surface area contributed by atoms with Crippen molar-refractivity contribution in [1.82, 2.24) is 9.88 Å². The minimum Gasteiger partial charge on any atom is -0.337 e. The molecule has 1 aromatic carbocycles. The van der Waals surface area contributed by atoms with Crippen LogP contribution in [0.2, 0.25) is 0 Å². The first-order valence-corrected chi connectivity index (χ1v) is 8.27. The van der Waals surface area contributed by atoms with Crippen molar-refractivity contribution >= 4 is 5.91 Å². The molecule has 2 aromatic rings. The number of halogens is 2. The Bertz CT molecular complexity index is 698. The summed E-state index contributed by atoms with van der Waals surface area (Å²) in [4.78, 5) is 17.5. The van der Waals surface area contributed by atoms with Gasteiger partial charge >= 0.3 is 0 Å². The van der Waals surface area contributed by atoms with E-state index in [1.54, 1.807) is 4.90 Å². The number of hydrogen-bond acceptors (Lipinski definition) is 2. The van der Waals surface area contributed by atoms with Crippen molar-refractivity contribution in [1.29, 1.82) is 0 Å². The second-order valence-electron chi connectivity index (χ2n) is 6.24. The summed E-state index contributed by atoms with van der Waals surface area (Å²) >= 11 is 0. The summed E-state index contributed by atoms with van der Waals surface area (Å²) in [5.41, 5.74) is 1.03. The lowest BCUT2D eigenvalue weighted by atomic mass is 9.90. The van der Waals surface area contributed by atoms with E-state index in [0.717, 1.165) is 31.9 Å². The van der Waals surface area contributed by atoms with Crippen molar-refractivity contribution in [2.45, 2.75) is 25.7 Å². The van der Waals surface area contributed by atoms with Gasteiger partial charge in [-0.2, -0.15) is 0 Å². The number of aromatic nitrogens is 1. The lowest BCUT2D eigenvalue weighted by molar-refractivity contribution is 0.0675. The van der Waals surface area contributed by atoms with Gasteiger partial charge in [0.25, 0.3) is 5.91 Å². The van der Waals surface area contributed by atoms with Crippen molar-refractivity contribution in [2.75, 3.05) is 13.1 Å². The predicted molar refractivity (Wildman–Crippen MR) is 87.5 cm³/mol. The number of nitrogens with zero attached hydrogens (tertiary/aromatic N) is 2. The van der Waals surface area contributed by atoms with E-state index in [9.17, 15) is 13.6 Å². The Morgan fingerprint density at radius 3 is 2.54 bits per heavy atom. The van der Waals surface area contributed by atoms with Gasteiger partial charge in [0.2, 0.25) is 0 Å². The Morgan fingerprint density at radius 1 is 1.17 bits per heavy atom. The average Bonchev–Trinajstić information content (AvgIpc) is 2.61. The molecule has 0 saturated carbocycles. The first kappa shape index (κ1) is 16.6. The van der Waals surface area contributed by atoms with E-state index >= 15 is 0 Å². The van der Waals surface area contributed by atoms with Gasteiger partial charge in [-0.25, -0.2) is 13.8 Å². The molecule has 0 atom stereocenters. The Kier molecular flexibility index (Phi) is 5.18. The number of amides is 1. The second kappa shape index (κ2) is 7.51. The van der Waals surface area contributed by atoms with E-state index in [0.29, 0.717) is 25.1 Å². The first-order valence-electron chi connectivity index (χ1n) is 8.27. The van der Waals surface area contributed by atoms with Crippen LogP contribution in [-0.4, -0.2) is 28.9 Å². The van der Waals surface area contributed by atoms with Crippen LogP contribution in [-0.2, 0) is 6.42 Å². The fourth-order valence-electron chi connectivity index (χ4n) is 3.16. The fourth-order valence-corrected chi connectivity index (χ4v) is 3.16. The van der Waals surface area contributed by atoms with E-state index in [-0.39, 0.29) is 5.69 Å². The molecule has 2 heterocycles. The Morgan fingerprint density at radius 2 is 1.88 bits per heavy atom. The average molecular weight is 330 g/mol. The van der Waals surface area contributed by atoms with Crippen LogP contribution < -0.4 is 0 Å². The highest BCUT2D eigenvalue weighted by Gasteiger charge is 2.26. The number of carbonyl (C=O) groups is 1. The van der Waals surface area contributed by atoms with Crippen LogP contribution in [0.15, 0.2) is 42.6 Å². The number of piperidine rings is 1. The van der Waals surface area contributed by atoms with E-state index in [4.69, 9.17) is 0 Å². The smallest absolute Gasteiger partial charge is 0.275 e. The van der Waals surface area contributed by atoms with Crippen LogP contribution in [0.25, 0.3) is 0 Å². The molecule has 5 heteroatoms. The van der Waals surface area contributed by atoms with Crippen LogP contribution in [0.5, 0.6) is 0 Å². The van der Waals surface area contributed by atoms with Gasteiger partial charge in [-0.15, -0.1) is 0 Å². The van der Waals surface area contributed by atoms with Gasteiger partial charge in [0, 0.05) is 19.2 Å². The molecule has 126 valence electrons. The molecule has 1 aliphatic rings. The summed E-state index contributed by atoms with van der Waals surface area (Å²) in [5.74, 6) is -1.55. The second-order valence-corrected chi connectivity index (χ2v) is 6.24. The highest BCUT2D eigenvalue weighted by Crippen LogP contribution is 2.23. The summed E-state index contributed by atoms with van der Waals surface area (Å²) in [6, 6.07) is 11.0. The Hall–Kier alpha value is -2.30. The van der Waals surface area contributed by atoms with Crippen LogP contribution in [0.4, 0.5) is 8.78 Å². The molecular formula is C19H20F2N2O. The number of rotatable bonds is 4. The molecule has 0 N–H and O–H groups in total. The van der Waals surface area contributed by atoms with Crippen molar-refractivity contribution < 1.29 is 13.6 Å². The third kappa shape index (κ3) is 3.96. The SMILES string of the molecule is O=C(c1ncc(F)cc1F)N1CCC(CCc2ccccc2)CC1. The highest BCUT2D eigenvalue weighted by atomic mass is 19.1. The third-order valence-corrected chi connectivity index (χ3v) is 4.60. The molecule has 3 rings (SSSR count). The molecule has 1 amide bonds. The molecule has 1 fully saturated rings. The van der Waals surface area contributed by atoms with Gasteiger partial charge < -0.3 is 4.90 Å². The van der Waals surface area contributed by atoms with Gasteiger partial charge in [0.15, 0.2) is 11.5 Å². The molecule has 0 unspecified atom stereocenters. The maximum atomic E-state index is 13.7. The van der Waals surface area contributed by atoms with Gasteiger partial charge in [-0.05, 0) is 37.2 Å². The molecule has 1 aliphatic heterocycles. The summed E-state index contributed by atoms with van der Waals surface area (Å²) < 4.78 is 26.6. The van der Waals surface area contributed by atoms with Gasteiger partial charge in [0.05, 0.1) is 6.20 Å². The molecule has 0 bridgehead atoms. The quantitative estimate of drug-likeness (QED) is 0.853. The van der Waals surface area contributed by atoms with Crippen molar-refractivity contribution in [3.05, 3.63) is 65.5 Å². The summed E-state index contributed by atoms with van der Waals surface area (Å²) in [7, 11) is 0. The topological polar surface area (TPSA) is 33.2 Å². The number of benzene rings is 1. The lowest BCUT2D eigenvalue weighted by Gasteiger charge is -2.32. The van der Waals surface area contributed by atoms with Gasteiger partial charge in [0.1, 0.15) is 5.82 Å². The zero-order chi connectivity index (χ0) is 16.9. The van der Waals surface area contributed by atoms with E-state index in [1.165, 1.54) is 5.56 Å². The maximum Gasteiger partial charge on any atom is 0.275 e. The van der Waals surface area contributed by atoms with Crippen molar-refractivity contribution in [2.24, 2.45) is 5.92 Å². The highest BCUT2D eigenvalue weighted by molar-refractivity contribution is 5.92. The van der Waals surface area contributed by atoms with Crippen LogP contribution in [0, 0.1) is 17.6 Å². The zero-order valence-electron chi connectivity index (χ0n) is 13.4. The normalized spacial score (nSPS) is 15.5. The number of pyridine rings is 1. The van der Waals surface area contributed by atoms with Gasteiger partial charge in [-0.3, -0.25) is 4.79 Å². The van der Waals surface area contributed by atoms with E-state index in [2.05, 4.69) is 17.1 Å². The monoisotopic (exact) mass is 330 g/mol. The minimum absolute atomic E-state index is 0.292. The number of hydrogen-bond donors (Lipinski definition) is 0. The predicted octanol–water partition coefficient (Wildman–Crippen LogP) is 3.84. The number of carbonyl (C=O) groups excluding carboxylic acids is 1. The van der Waals surface area contributed by atoms with Crippen LogP contribution in [0.1, 0.15) is 35.3 Å². The largest absolute Gasteiger partial charge is 0.337 e. The molecule has 3 nitrogen and oxygen atoms in total. The summed E-state index contributed by atoms with van der Waals surface area (Å²) in [6.07, 6.45) is 4.81. The molecule has 0 radical (unpaired) electrons. The van der Waals surface area contributed by atoms with E-state index < -0.39 is 17.5 Å². The van der Waals surface area contributed by atoms with Crippen molar-refractivity contribution in [3.8, 4) is 0 Å². The lowest BCUT2D eigenvalue weighted by Crippen LogP contribution is -2.39. The first-order chi connectivity index (χ1) is 11.6. The number of aryl methyl sites for hydroxylation is 1. The molecule has 1 saturated heterocycles. The zero-order valence-corrected chi connectivity index (χ0v) is 13.4. The minimum atomic E-state index is -0.897. The fraction of sp³-hybridized carbons (Fsp3) is 0.368. The third-order valence-electron chi connectivity index (χ3n) is 4.60. The van der Waals surface area contributed by atoms with Crippen LogP contribution in [0.3, 0.4) is 0 Å². The maximum absolute atomic E-state index is 13.7. The van der Waals surface area contributed by atoms with Crippen LogP contribution >= 0.6 is 0 Å². The van der Waals surface area contributed by atoms with E-state index in [1.807, 2.05) is 18.2 Å². The molecule has 24 heavy (non-hydrogen) atoms. The molecule has 0 spiro atoms. The molecule has 0 aliphatic carbocycles. The molecular weight excluding hydrogens is 310 g/mol. The summed E-state index contributed by atoms with van der Waals surface area (Å²) in [5, 5.41) is 0. The molecule has 1 aromatic heterocycles. The van der Waals surface area contributed by atoms with Crippen molar-refractivity contribution in [3.63, 3.8) is 0 Å². The van der Waals surface area contributed by atoms with Gasteiger partial charge in [-0.1, -0.05) is 30.3 Å². The number of likely N-dealkylation sites (tertiary alicyclic amines) is 1. The Labute approximate surface area is 140 Å². The Balaban J connectivity index is 1.52.